The molecule has 0 spiro atoms. The van der Waals surface area contributed by atoms with Crippen molar-refractivity contribution in [1.82, 2.24) is 5.32 Å². The standard InChI is InChI=1S/C17H26BrNO/c1-13(2)11-19-12-14-10-15(18)8-9-17(14)20-16-6-4-3-5-7-16/h8-10,13,16,19H,3-7,11-12H2,1-2H3. The average Bonchev–Trinajstić information content (AvgIpc) is 2.42. The Morgan fingerprint density at radius 2 is 2.00 bits per heavy atom. The molecule has 0 bridgehead atoms. The SMILES string of the molecule is CC(C)CNCc1cc(Br)ccc1OC1CCCCC1. The molecule has 0 heterocycles. The Bertz CT molecular complexity index is 413. The van der Waals surface area contributed by atoms with E-state index >= 15 is 0 Å². The summed E-state index contributed by atoms with van der Waals surface area (Å²) >= 11 is 3.56. The molecule has 1 fully saturated rings. The van der Waals surface area contributed by atoms with E-state index in [0.29, 0.717) is 12.0 Å². The molecule has 0 aromatic heterocycles. The molecule has 1 aromatic carbocycles. The minimum atomic E-state index is 0.411. The Labute approximate surface area is 131 Å². The van der Waals surface area contributed by atoms with Crippen molar-refractivity contribution in [2.75, 3.05) is 6.54 Å². The van der Waals surface area contributed by atoms with Crippen LogP contribution < -0.4 is 10.1 Å². The summed E-state index contributed by atoms with van der Waals surface area (Å²) in [5.41, 5.74) is 1.26. The molecule has 1 aromatic rings. The van der Waals surface area contributed by atoms with Crippen LogP contribution in [0.2, 0.25) is 0 Å². The van der Waals surface area contributed by atoms with Crippen molar-refractivity contribution < 1.29 is 4.74 Å². The predicted molar refractivity (Wildman–Crippen MR) is 88.2 cm³/mol. The highest BCUT2D eigenvalue weighted by Crippen LogP contribution is 2.28. The molecular weight excluding hydrogens is 314 g/mol. The van der Waals surface area contributed by atoms with Crippen LogP contribution in [0, 0.1) is 5.92 Å². The molecule has 1 aliphatic rings. The van der Waals surface area contributed by atoms with Crippen molar-refractivity contribution in [2.45, 2.75) is 58.6 Å². The maximum absolute atomic E-state index is 6.24. The summed E-state index contributed by atoms with van der Waals surface area (Å²) in [5, 5.41) is 3.51. The van der Waals surface area contributed by atoms with Gasteiger partial charge in [0.05, 0.1) is 6.10 Å². The summed E-state index contributed by atoms with van der Waals surface area (Å²) in [6, 6.07) is 6.35. The Morgan fingerprint density at radius 3 is 2.70 bits per heavy atom. The minimum Gasteiger partial charge on any atom is -0.490 e. The van der Waals surface area contributed by atoms with E-state index in [4.69, 9.17) is 4.74 Å². The van der Waals surface area contributed by atoms with Gasteiger partial charge in [-0.15, -0.1) is 0 Å². The number of ether oxygens (including phenoxy) is 1. The molecule has 1 saturated carbocycles. The van der Waals surface area contributed by atoms with Crippen molar-refractivity contribution in [3.63, 3.8) is 0 Å². The first-order valence-electron chi connectivity index (χ1n) is 7.81. The lowest BCUT2D eigenvalue weighted by Crippen LogP contribution is -2.22. The van der Waals surface area contributed by atoms with Gasteiger partial charge in [-0.25, -0.2) is 0 Å². The Balaban J connectivity index is 1.98. The topological polar surface area (TPSA) is 21.3 Å². The smallest absolute Gasteiger partial charge is 0.124 e. The lowest BCUT2D eigenvalue weighted by atomic mass is 9.97. The maximum atomic E-state index is 6.24. The largest absolute Gasteiger partial charge is 0.490 e. The van der Waals surface area contributed by atoms with Crippen molar-refractivity contribution in [1.29, 1.82) is 0 Å². The molecule has 0 radical (unpaired) electrons. The minimum absolute atomic E-state index is 0.411. The molecule has 3 heteroatoms. The third kappa shape index (κ3) is 5.10. The number of hydrogen-bond donors (Lipinski definition) is 1. The van der Waals surface area contributed by atoms with Gasteiger partial charge in [-0.3, -0.25) is 0 Å². The highest BCUT2D eigenvalue weighted by Gasteiger charge is 2.16. The van der Waals surface area contributed by atoms with Crippen LogP contribution in [0.1, 0.15) is 51.5 Å². The average molecular weight is 340 g/mol. The number of nitrogens with one attached hydrogen (secondary N) is 1. The molecule has 0 atom stereocenters. The van der Waals surface area contributed by atoms with Crippen LogP contribution in [0.25, 0.3) is 0 Å². The second kappa shape index (κ2) is 8.04. The van der Waals surface area contributed by atoms with E-state index in [-0.39, 0.29) is 0 Å². The van der Waals surface area contributed by atoms with Gasteiger partial charge in [-0.1, -0.05) is 36.2 Å². The first kappa shape index (κ1) is 15.8. The van der Waals surface area contributed by atoms with E-state index in [9.17, 15) is 0 Å². The first-order valence-corrected chi connectivity index (χ1v) is 8.60. The van der Waals surface area contributed by atoms with E-state index < -0.39 is 0 Å². The second-order valence-corrected chi connectivity index (χ2v) is 7.07. The van der Waals surface area contributed by atoms with Gasteiger partial charge in [0.1, 0.15) is 5.75 Å². The van der Waals surface area contributed by atoms with Gasteiger partial charge in [0.25, 0.3) is 0 Å². The quantitative estimate of drug-likeness (QED) is 0.795. The Hall–Kier alpha value is -0.540. The Kier molecular flexibility index (Phi) is 6.37. The van der Waals surface area contributed by atoms with Gasteiger partial charge < -0.3 is 10.1 Å². The zero-order valence-corrected chi connectivity index (χ0v) is 14.2. The summed E-state index contributed by atoms with van der Waals surface area (Å²) in [6.07, 6.45) is 6.80. The van der Waals surface area contributed by atoms with Gasteiger partial charge in [-0.2, -0.15) is 0 Å². The van der Waals surface area contributed by atoms with Gasteiger partial charge in [0.15, 0.2) is 0 Å². The normalized spacial score (nSPS) is 16.6. The molecule has 2 rings (SSSR count). The van der Waals surface area contributed by atoms with Crippen LogP contribution in [0.4, 0.5) is 0 Å². The van der Waals surface area contributed by atoms with Crippen LogP contribution >= 0.6 is 15.9 Å². The van der Waals surface area contributed by atoms with E-state index in [0.717, 1.165) is 23.3 Å². The second-order valence-electron chi connectivity index (χ2n) is 6.15. The fourth-order valence-corrected chi connectivity index (χ4v) is 3.07. The first-order chi connectivity index (χ1) is 9.65. The number of benzene rings is 1. The number of hydrogen-bond acceptors (Lipinski definition) is 2. The fraction of sp³-hybridized carbons (Fsp3) is 0.647. The molecule has 0 amide bonds. The lowest BCUT2D eigenvalue weighted by Gasteiger charge is -2.24. The zero-order valence-electron chi connectivity index (χ0n) is 12.6. The summed E-state index contributed by atoms with van der Waals surface area (Å²) < 4.78 is 7.36. The molecule has 0 aliphatic heterocycles. The zero-order chi connectivity index (χ0) is 14.4. The van der Waals surface area contributed by atoms with Crippen molar-refractivity contribution in [3.05, 3.63) is 28.2 Å². The van der Waals surface area contributed by atoms with Gasteiger partial charge in [-0.05, 0) is 56.3 Å². The summed E-state index contributed by atoms with van der Waals surface area (Å²) in [4.78, 5) is 0. The summed E-state index contributed by atoms with van der Waals surface area (Å²) in [5.74, 6) is 1.72. The third-order valence-electron chi connectivity index (χ3n) is 3.74. The van der Waals surface area contributed by atoms with E-state index in [1.54, 1.807) is 0 Å². The predicted octanol–water partition coefficient (Wildman–Crippen LogP) is 4.91. The highest BCUT2D eigenvalue weighted by molar-refractivity contribution is 9.10. The maximum Gasteiger partial charge on any atom is 0.124 e. The number of rotatable bonds is 6. The van der Waals surface area contributed by atoms with Gasteiger partial charge in [0, 0.05) is 16.6 Å². The lowest BCUT2D eigenvalue weighted by molar-refractivity contribution is 0.153. The van der Waals surface area contributed by atoms with Crippen molar-refractivity contribution in [2.24, 2.45) is 5.92 Å². The van der Waals surface area contributed by atoms with E-state index in [1.807, 2.05) is 0 Å². The number of halogens is 1. The molecule has 0 saturated heterocycles. The van der Waals surface area contributed by atoms with E-state index in [2.05, 4.69) is 53.3 Å². The van der Waals surface area contributed by atoms with Gasteiger partial charge in [0.2, 0.25) is 0 Å². The van der Waals surface area contributed by atoms with Gasteiger partial charge >= 0.3 is 0 Å². The monoisotopic (exact) mass is 339 g/mol. The molecule has 2 nitrogen and oxygen atoms in total. The Morgan fingerprint density at radius 1 is 1.25 bits per heavy atom. The van der Waals surface area contributed by atoms with Crippen LogP contribution in [0.15, 0.2) is 22.7 Å². The summed E-state index contributed by atoms with van der Waals surface area (Å²) in [7, 11) is 0. The highest BCUT2D eigenvalue weighted by atomic mass is 79.9. The van der Waals surface area contributed by atoms with Crippen LogP contribution in [0.5, 0.6) is 5.75 Å². The molecule has 1 aliphatic carbocycles. The molecule has 1 N–H and O–H groups in total. The molecule has 0 unspecified atom stereocenters. The molecule has 20 heavy (non-hydrogen) atoms. The van der Waals surface area contributed by atoms with Crippen LogP contribution in [-0.4, -0.2) is 12.6 Å². The van der Waals surface area contributed by atoms with Crippen molar-refractivity contribution in [3.8, 4) is 5.75 Å². The van der Waals surface area contributed by atoms with Crippen LogP contribution in [0.3, 0.4) is 0 Å². The molecule has 112 valence electrons. The fourth-order valence-electron chi connectivity index (χ4n) is 2.66. The van der Waals surface area contributed by atoms with Crippen molar-refractivity contribution >= 4 is 15.9 Å². The summed E-state index contributed by atoms with van der Waals surface area (Å²) in [6.45, 7) is 6.37. The third-order valence-corrected chi connectivity index (χ3v) is 4.23. The molecular formula is C17H26BrNO. The van der Waals surface area contributed by atoms with E-state index in [1.165, 1.54) is 37.7 Å². The van der Waals surface area contributed by atoms with Crippen LogP contribution in [-0.2, 0) is 6.54 Å².